The Kier molecular flexibility index (Phi) is 2.49. The number of anilines is 1. The number of imidazole rings is 1. The highest BCUT2D eigenvalue weighted by molar-refractivity contribution is 5.73. The molecule has 2 heterocycles. The number of aromatic nitrogens is 4. The second kappa shape index (κ2) is 4.16. The monoisotopic (exact) mass is 255 g/mol. The van der Waals surface area contributed by atoms with Gasteiger partial charge in [0, 0.05) is 25.0 Å². The highest BCUT2D eigenvalue weighted by Gasteiger charge is 2.06. The smallest absolute Gasteiger partial charge is 0.332 e. The molecule has 0 saturated carbocycles. The van der Waals surface area contributed by atoms with Gasteiger partial charge >= 0.3 is 5.69 Å². The number of aryl methyl sites for hydroxylation is 1. The molecule has 0 atom stereocenters. The van der Waals surface area contributed by atoms with Gasteiger partial charge in [0.2, 0.25) is 0 Å². The van der Waals surface area contributed by atoms with E-state index in [0.29, 0.717) is 5.82 Å². The Morgan fingerprint density at radius 3 is 2.47 bits per heavy atom. The highest BCUT2D eigenvalue weighted by Crippen LogP contribution is 2.24. The second-order valence-corrected chi connectivity index (χ2v) is 4.31. The van der Waals surface area contributed by atoms with Crippen molar-refractivity contribution >= 4 is 5.82 Å². The molecule has 0 saturated heterocycles. The molecule has 0 radical (unpaired) electrons. The van der Waals surface area contributed by atoms with Crippen molar-refractivity contribution in [1.82, 2.24) is 19.3 Å². The van der Waals surface area contributed by atoms with E-state index in [1.165, 1.54) is 4.57 Å². The summed E-state index contributed by atoms with van der Waals surface area (Å²) >= 11 is 0. The number of hydrogen-bond acceptors (Lipinski definition) is 3. The van der Waals surface area contributed by atoms with Gasteiger partial charge in [0.15, 0.2) is 0 Å². The average Bonchev–Trinajstić information content (AvgIpc) is 2.98. The summed E-state index contributed by atoms with van der Waals surface area (Å²) in [6, 6.07) is 7.58. The predicted octanol–water partition coefficient (Wildman–Crippen LogP) is 1.15. The minimum Gasteiger partial charge on any atom is -0.384 e. The molecular formula is C13H13N5O. The van der Waals surface area contributed by atoms with Crippen LogP contribution in [0.5, 0.6) is 0 Å². The minimum atomic E-state index is -0.0735. The van der Waals surface area contributed by atoms with E-state index in [1.807, 2.05) is 24.3 Å². The first-order chi connectivity index (χ1) is 9.16. The van der Waals surface area contributed by atoms with Crippen molar-refractivity contribution < 1.29 is 0 Å². The number of nitrogens with zero attached hydrogens (tertiary/aromatic N) is 3. The van der Waals surface area contributed by atoms with Crippen molar-refractivity contribution in [3.05, 3.63) is 53.3 Å². The Balaban J connectivity index is 2.02. The van der Waals surface area contributed by atoms with Gasteiger partial charge in [-0.05, 0) is 17.7 Å². The standard InChI is InChI=1S/C13H13N5O/c1-17-6-7-18(13(17)19)10-4-2-9(3-5-10)11-8-15-16-12(11)14/h2-8H,1H3,(H3,14,15,16). The number of nitrogens with two attached hydrogens (primary N) is 1. The molecule has 3 N–H and O–H groups in total. The van der Waals surface area contributed by atoms with Gasteiger partial charge in [-0.3, -0.25) is 9.67 Å². The zero-order valence-electron chi connectivity index (χ0n) is 10.4. The van der Waals surface area contributed by atoms with Gasteiger partial charge in [0.05, 0.1) is 11.9 Å². The zero-order chi connectivity index (χ0) is 13.4. The first kappa shape index (κ1) is 11.3. The molecule has 96 valence electrons. The average molecular weight is 255 g/mol. The molecule has 6 nitrogen and oxygen atoms in total. The number of nitrogen functional groups attached to an aromatic ring is 1. The van der Waals surface area contributed by atoms with Crippen LogP contribution in [0.1, 0.15) is 0 Å². The van der Waals surface area contributed by atoms with Crippen LogP contribution in [0.4, 0.5) is 5.82 Å². The zero-order valence-corrected chi connectivity index (χ0v) is 10.4. The Morgan fingerprint density at radius 1 is 1.21 bits per heavy atom. The molecule has 0 aliphatic rings. The molecule has 1 aromatic carbocycles. The fourth-order valence-corrected chi connectivity index (χ4v) is 1.99. The van der Waals surface area contributed by atoms with Crippen LogP contribution in [-0.4, -0.2) is 19.3 Å². The lowest BCUT2D eigenvalue weighted by Crippen LogP contribution is -2.20. The molecule has 0 bridgehead atoms. The fraction of sp³-hybridized carbons (Fsp3) is 0.0769. The van der Waals surface area contributed by atoms with Crippen molar-refractivity contribution in [1.29, 1.82) is 0 Å². The van der Waals surface area contributed by atoms with Gasteiger partial charge in [-0.15, -0.1) is 0 Å². The van der Waals surface area contributed by atoms with Crippen molar-refractivity contribution in [3.63, 3.8) is 0 Å². The Hall–Kier alpha value is -2.76. The summed E-state index contributed by atoms with van der Waals surface area (Å²) in [5, 5.41) is 6.58. The first-order valence-corrected chi connectivity index (χ1v) is 5.80. The maximum Gasteiger partial charge on any atom is 0.332 e. The second-order valence-electron chi connectivity index (χ2n) is 4.31. The topological polar surface area (TPSA) is 81.6 Å². The van der Waals surface area contributed by atoms with Crippen molar-refractivity contribution in [2.24, 2.45) is 7.05 Å². The van der Waals surface area contributed by atoms with Gasteiger partial charge in [-0.25, -0.2) is 4.79 Å². The van der Waals surface area contributed by atoms with E-state index in [0.717, 1.165) is 16.8 Å². The molecule has 2 aromatic heterocycles. The molecule has 0 fully saturated rings. The van der Waals surface area contributed by atoms with Gasteiger partial charge in [-0.2, -0.15) is 5.10 Å². The van der Waals surface area contributed by atoms with Crippen LogP contribution >= 0.6 is 0 Å². The van der Waals surface area contributed by atoms with Gasteiger partial charge < -0.3 is 10.3 Å². The Labute approximate surface area is 109 Å². The van der Waals surface area contributed by atoms with Gasteiger partial charge in [0.25, 0.3) is 0 Å². The quantitative estimate of drug-likeness (QED) is 0.720. The van der Waals surface area contributed by atoms with Crippen molar-refractivity contribution in [3.8, 4) is 16.8 Å². The van der Waals surface area contributed by atoms with Gasteiger partial charge in [0.1, 0.15) is 5.82 Å². The van der Waals surface area contributed by atoms with E-state index in [1.54, 1.807) is 30.2 Å². The van der Waals surface area contributed by atoms with Crippen LogP contribution in [0.15, 0.2) is 47.7 Å². The number of H-pyrrole nitrogens is 1. The highest BCUT2D eigenvalue weighted by atomic mass is 16.1. The summed E-state index contributed by atoms with van der Waals surface area (Å²) in [5.74, 6) is 0.532. The number of hydrogen-bond donors (Lipinski definition) is 2. The molecule has 19 heavy (non-hydrogen) atoms. The maximum atomic E-state index is 11.8. The maximum absolute atomic E-state index is 11.8. The van der Waals surface area contributed by atoms with E-state index < -0.39 is 0 Å². The number of nitrogens with one attached hydrogen (secondary N) is 1. The van der Waals surface area contributed by atoms with Crippen LogP contribution in [0.25, 0.3) is 16.8 Å². The van der Waals surface area contributed by atoms with Crippen LogP contribution in [-0.2, 0) is 7.05 Å². The Bertz CT molecular complexity index is 763. The Morgan fingerprint density at radius 2 is 1.95 bits per heavy atom. The predicted molar refractivity (Wildman–Crippen MR) is 73.0 cm³/mol. The van der Waals surface area contributed by atoms with E-state index in [9.17, 15) is 4.79 Å². The molecule has 0 spiro atoms. The lowest BCUT2D eigenvalue weighted by atomic mass is 10.1. The third-order valence-corrected chi connectivity index (χ3v) is 3.07. The van der Waals surface area contributed by atoms with E-state index in [2.05, 4.69) is 10.2 Å². The lowest BCUT2D eigenvalue weighted by Gasteiger charge is -2.03. The van der Waals surface area contributed by atoms with Crippen LogP contribution in [0.3, 0.4) is 0 Å². The lowest BCUT2D eigenvalue weighted by molar-refractivity contribution is 0.824. The number of benzene rings is 1. The van der Waals surface area contributed by atoms with Crippen LogP contribution in [0.2, 0.25) is 0 Å². The molecule has 0 amide bonds. The van der Waals surface area contributed by atoms with Gasteiger partial charge in [-0.1, -0.05) is 12.1 Å². The van der Waals surface area contributed by atoms with Crippen molar-refractivity contribution in [2.75, 3.05) is 5.73 Å². The molecule has 3 rings (SSSR count). The van der Waals surface area contributed by atoms with Crippen molar-refractivity contribution in [2.45, 2.75) is 0 Å². The summed E-state index contributed by atoms with van der Waals surface area (Å²) in [7, 11) is 1.72. The van der Waals surface area contributed by atoms with E-state index >= 15 is 0 Å². The number of rotatable bonds is 2. The normalized spacial score (nSPS) is 10.8. The van der Waals surface area contributed by atoms with Crippen LogP contribution in [0, 0.1) is 0 Å². The largest absolute Gasteiger partial charge is 0.384 e. The molecule has 0 unspecified atom stereocenters. The third kappa shape index (κ3) is 1.83. The van der Waals surface area contributed by atoms with E-state index in [4.69, 9.17) is 5.73 Å². The summed E-state index contributed by atoms with van der Waals surface area (Å²) in [6.45, 7) is 0. The summed E-state index contributed by atoms with van der Waals surface area (Å²) < 4.78 is 3.12. The third-order valence-electron chi connectivity index (χ3n) is 3.07. The molecular weight excluding hydrogens is 242 g/mol. The fourth-order valence-electron chi connectivity index (χ4n) is 1.99. The van der Waals surface area contributed by atoms with Crippen LogP contribution < -0.4 is 11.4 Å². The number of aromatic amines is 1. The minimum absolute atomic E-state index is 0.0735. The molecule has 0 aliphatic carbocycles. The SMILES string of the molecule is Cn1ccn(-c2ccc(-c3cn[nH]c3N)cc2)c1=O. The molecule has 3 aromatic rings. The summed E-state index contributed by atoms with van der Waals surface area (Å²) in [5.41, 5.74) is 8.33. The van der Waals surface area contributed by atoms with E-state index in [-0.39, 0.29) is 5.69 Å². The summed E-state index contributed by atoms with van der Waals surface area (Å²) in [6.07, 6.45) is 5.15. The first-order valence-electron chi connectivity index (χ1n) is 5.80. The molecule has 6 heteroatoms. The summed E-state index contributed by atoms with van der Waals surface area (Å²) in [4.78, 5) is 11.8. The molecule has 0 aliphatic heterocycles.